The molecule has 0 spiro atoms. The normalized spacial score (nSPS) is 25.2. The van der Waals surface area contributed by atoms with Crippen molar-refractivity contribution in [3.05, 3.63) is 59.4 Å². The van der Waals surface area contributed by atoms with Crippen molar-refractivity contribution in [2.24, 2.45) is 0 Å². The van der Waals surface area contributed by atoms with Gasteiger partial charge in [0.25, 0.3) is 11.8 Å². The molecular formula is C31H39N5O3. The van der Waals surface area contributed by atoms with E-state index in [4.69, 9.17) is 0 Å². The Morgan fingerprint density at radius 2 is 1.87 bits per heavy atom. The number of aliphatic hydroxyl groups excluding tert-OH is 1. The summed E-state index contributed by atoms with van der Waals surface area (Å²) in [5.41, 5.74) is 2.05. The molecule has 0 bridgehead atoms. The Morgan fingerprint density at radius 3 is 2.54 bits per heavy atom. The SMILES string of the molecule is CC(C)(C)c1ccc(N(C(=O)[C@H]2C[C@@H](O)CN2C#N)C2(C(=O)NC3CCCCC3)CCc3ccncc32)cc1. The number of hydrogen-bond acceptors (Lipinski definition) is 6. The maximum Gasteiger partial charge on any atom is 0.251 e. The second-order valence-corrected chi connectivity index (χ2v) is 12.3. The van der Waals surface area contributed by atoms with Crippen molar-refractivity contribution in [3.63, 3.8) is 0 Å². The smallest absolute Gasteiger partial charge is 0.251 e. The van der Waals surface area contributed by atoms with Crippen molar-refractivity contribution in [2.45, 2.75) is 101 Å². The van der Waals surface area contributed by atoms with Gasteiger partial charge in [-0.3, -0.25) is 24.4 Å². The number of anilines is 1. The number of nitrogens with zero attached hydrogens (tertiary/aromatic N) is 4. The van der Waals surface area contributed by atoms with E-state index in [0.29, 0.717) is 18.5 Å². The summed E-state index contributed by atoms with van der Waals surface area (Å²) in [7, 11) is 0. The van der Waals surface area contributed by atoms with Crippen molar-refractivity contribution in [3.8, 4) is 6.19 Å². The van der Waals surface area contributed by atoms with E-state index in [1.165, 1.54) is 11.3 Å². The van der Waals surface area contributed by atoms with Crippen molar-refractivity contribution in [1.82, 2.24) is 15.2 Å². The first-order valence-corrected chi connectivity index (χ1v) is 14.2. The lowest BCUT2D eigenvalue weighted by atomic mass is 9.85. The highest BCUT2D eigenvalue weighted by Crippen LogP contribution is 2.45. The Balaban J connectivity index is 1.65. The number of β-amino-alcohol motifs (C(OH)–C–C–N with tert-alkyl or cyclic N) is 1. The number of carbonyl (C=O) groups is 2. The molecule has 3 aliphatic rings. The van der Waals surface area contributed by atoms with Crippen molar-refractivity contribution < 1.29 is 14.7 Å². The van der Waals surface area contributed by atoms with Gasteiger partial charge in [-0.15, -0.1) is 0 Å². The van der Waals surface area contributed by atoms with Crippen LogP contribution in [0.1, 0.15) is 82.4 Å². The summed E-state index contributed by atoms with van der Waals surface area (Å²) in [5.74, 6) is -0.552. The van der Waals surface area contributed by atoms with Crippen molar-refractivity contribution in [1.29, 1.82) is 5.26 Å². The lowest BCUT2D eigenvalue weighted by molar-refractivity contribution is -0.133. The first-order valence-electron chi connectivity index (χ1n) is 14.2. The van der Waals surface area contributed by atoms with E-state index in [1.54, 1.807) is 17.3 Å². The maximum atomic E-state index is 14.6. The number of aromatic nitrogens is 1. The van der Waals surface area contributed by atoms with Gasteiger partial charge < -0.3 is 10.4 Å². The predicted molar refractivity (Wildman–Crippen MR) is 149 cm³/mol. The van der Waals surface area contributed by atoms with Crippen molar-refractivity contribution in [2.75, 3.05) is 11.4 Å². The molecule has 0 radical (unpaired) electrons. The summed E-state index contributed by atoms with van der Waals surface area (Å²) in [6.45, 7) is 6.50. The monoisotopic (exact) mass is 529 g/mol. The minimum absolute atomic E-state index is 0.0629. The molecule has 2 aromatic rings. The molecule has 5 rings (SSSR count). The molecule has 2 N–H and O–H groups in total. The van der Waals surface area contributed by atoms with Crippen LogP contribution in [0.25, 0.3) is 0 Å². The number of aliphatic hydroxyl groups is 1. The highest BCUT2D eigenvalue weighted by atomic mass is 16.3. The molecule has 1 saturated carbocycles. The Hall–Kier alpha value is -3.44. The molecule has 8 nitrogen and oxygen atoms in total. The predicted octanol–water partition coefficient (Wildman–Crippen LogP) is 3.92. The zero-order chi connectivity index (χ0) is 27.8. The van der Waals surface area contributed by atoms with Crippen LogP contribution in [-0.2, 0) is 27.0 Å². The van der Waals surface area contributed by atoms with Gasteiger partial charge in [-0.25, -0.2) is 0 Å². The van der Waals surface area contributed by atoms with Gasteiger partial charge in [0.2, 0.25) is 0 Å². The number of carbonyl (C=O) groups excluding carboxylic acids is 2. The van der Waals surface area contributed by atoms with Crippen LogP contribution >= 0.6 is 0 Å². The lowest BCUT2D eigenvalue weighted by Crippen LogP contribution is -2.62. The summed E-state index contributed by atoms with van der Waals surface area (Å²) in [6.07, 6.45) is 11.1. The summed E-state index contributed by atoms with van der Waals surface area (Å²) in [4.78, 5) is 36.4. The van der Waals surface area contributed by atoms with E-state index in [2.05, 4.69) is 37.3 Å². The number of benzene rings is 1. The number of nitrogens with one attached hydrogen (secondary N) is 1. The molecule has 2 heterocycles. The number of hydrogen-bond donors (Lipinski definition) is 2. The Bertz CT molecular complexity index is 1260. The van der Waals surface area contributed by atoms with E-state index in [9.17, 15) is 20.0 Å². The fourth-order valence-electron chi connectivity index (χ4n) is 6.54. The minimum Gasteiger partial charge on any atom is -0.391 e. The average molecular weight is 530 g/mol. The molecule has 1 aliphatic heterocycles. The van der Waals surface area contributed by atoms with Crippen LogP contribution in [0.15, 0.2) is 42.7 Å². The number of nitriles is 1. The molecule has 1 unspecified atom stereocenters. The molecule has 206 valence electrons. The summed E-state index contributed by atoms with van der Waals surface area (Å²) < 4.78 is 0. The molecule has 3 atom stereocenters. The number of fused-ring (bicyclic) bond motifs is 1. The second kappa shape index (κ2) is 10.6. The van der Waals surface area contributed by atoms with E-state index in [0.717, 1.165) is 42.4 Å². The van der Waals surface area contributed by atoms with Gasteiger partial charge >= 0.3 is 0 Å². The van der Waals surface area contributed by atoms with Crippen LogP contribution in [0.3, 0.4) is 0 Å². The number of pyridine rings is 1. The van der Waals surface area contributed by atoms with E-state index >= 15 is 0 Å². The summed E-state index contributed by atoms with van der Waals surface area (Å²) in [6, 6.07) is 8.97. The van der Waals surface area contributed by atoms with Gasteiger partial charge in [-0.1, -0.05) is 52.2 Å². The van der Waals surface area contributed by atoms with E-state index in [-0.39, 0.29) is 36.2 Å². The van der Waals surface area contributed by atoms with Gasteiger partial charge in [0.1, 0.15) is 6.04 Å². The third kappa shape index (κ3) is 5.00. The van der Waals surface area contributed by atoms with Crippen molar-refractivity contribution >= 4 is 17.5 Å². The fraction of sp³-hybridized carbons (Fsp3) is 0.548. The van der Waals surface area contributed by atoms with Crippen LogP contribution in [-0.4, -0.2) is 51.5 Å². The third-order valence-corrected chi connectivity index (χ3v) is 8.72. The summed E-state index contributed by atoms with van der Waals surface area (Å²) in [5, 5.41) is 23.5. The van der Waals surface area contributed by atoms with Gasteiger partial charge in [0.15, 0.2) is 11.7 Å². The van der Waals surface area contributed by atoms with Crippen LogP contribution in [0.4, 0.5) is 5.69 Å². The quantitative estimate of drug-likeness (QED) is 0.569. The number of amides is 2. The summed E-state index contributed by atoms with van der Waals surface area (Å²) >= 11 is 0. The molecule has 2 amide bonds. The molecule has 1 aromatic heterocycles. The molecule has 2 aliphatic carbocycles. The molecule has 1 saturated heterocycles. The van der Waals surface area contributed by atoms with Gasteiger partial charge in [-0.05, 0) is 60.4 Å². The fourth-order valence-corrected chi connectivity index (χ4v) is 6.54. The molecule has 1 aromatic carbocycles. The first-order chi connectivity index (χ1) is 18.6. The second-order valence-electron chi connectivity index (χ2n) is 12.3. The Kier molecular flexibility index (Phi) is 7.39. The Morgan fingerprint density at radius 1 is 1.15 bits per heavy atom. The van der Waals surface area contributed by atoms with E-state index in [1.807, 2.05) is 30.3 Å². The number of rotatable bonds is 5. The number of aryl methyl sites for hydroxylation is 1. The van der Waals surface area contributed by atoms with Gasteiger partial charge in [0, 0.05) is 36.1 Å². The standard InChI is InChI=1S/C31H39N5O3/c1-30(2,3)22-9-11-24(12-10-22)36(28(38)27-17-25(37)19-35(27)20-32)31(15-13-21-14-16-33-18-26(21)31)29(39)34-23-7-5-4-6-8-23/h9-12,14,16,18,23,25,27,37H,4-8,13,15,17,19H2,1-3H3,(H,34,39)/t25-,27-,31?/m1/s1. The van der Waals surface area contributed by atoms with Crippen LogP contribution in [0.5, 0.6) is 0 Å². The molecular weight excluding hydrogens is 490 g/mol. The third-order valence-electron chi connectivity index (χ3n) is 8.72. The highest BCUT2D eigenvalue weighted by Gasteiger charge is 2.55. The molecule has 2 fully saturated rings. The zero-order valence-corrected chi connectivity index (χ0v) is 23.2. The molecule has 8 heteroatoms. The zero-order valence-electron chi connectivity index (χ0n) is 23.2. The van der Waals surface area contributed by atoms with Gasteiger partial charge in [0.05, 0.1) is 12.6 Å². The lowest BCUT2D eigenvalue weighted by Gasteiger charge is -2.43. The Labute approximate surface area is 231 Å². The maximum absolute atomic E-state index is 14.6. The van der Waals surface area contributed by atoms with Crippen LogP contribution in [0, 0.1) is 11.5 Å². The number of likely N-dealkylation sites (tertiary alicyclic amines) is 1. The molecule has 39 heavy (non-hydrogen) atoms. The van der Waals surface area contributed by atoms with E-state index < -0.39 is 17.7 Å². The minimum atomic E-state index is -1.31. The highest BCUT2D eigenvalue weighted by molar-refractivity contribution is 6.07. The first kappa shape index (κ1) is 27.1. The topological polar surface area (TPSA) is 110 Å². The van der Waals surface area contributed by atoms with Crippen LogP contribution in [0.2, 0.25) is 0 Å². The largest absolute Gasteiger partial charge is 0.391 e. The van der Waals surface area contributed by atoms with Crippen LogP contribution < -0.4 is 10.2 Å². The average Bonchev–Trinajstić information content (AvgIpc) is 3.50. The van der Waals surface area contributed by atoms with Gasteiger partial charge in [-0.2, -0.15) is 5.26 Å².